The number of nitrogens with one attached hydrogen (secondary N) is 1. The molecule has 10 nitrogen and oxygen atoms in total. The molecule has 1 aliphatic heterocycles. The number of hydrogen-bond acceptors (Lipinski definition) is 8. The first-order valence-corrected chi connectivity index (χ1v) is 11.0. The maximum atomic E-state index is 13.0. The zero-order valence-corrected chi connectivity index (χ0v) is 19.2. The number of hydrogen-bond donors (Lipinski definition) is 2. The highest BCUT2D eigenvalue weighted by Gasteiger charge is 2.28. The Morgan fingerprint density at radius 1 is 1.21 bits per heavy atom. The van der Waals surface area contributed by atoms with Crippen LogP contribution in [0.3, 0.4) is 0 Å². The molecule has 0 bridgehead atoms. The van der Waals surface area contributed by atoms with Crippen molar-refractivity contribution < 1.29 is 9.32 Å². The minimum absolute atomic E-state index is 0.0321. The lowest BCUT2D eigenvalue weighted by atomic mass is 10.0. The molecule has 4 heterocycles. The van der Waals surface area contributed by atoms with E-state index in [0.717, 1.165) is 35.0 Å². The fourth-order valence-electron chi connectivity index (χ4n) is 4.41. The van der Waals surface area contributed by atoms with E-state index in [-0.39, 0.29) is 17.5 Å². The van der Waals surface area contributed by atoms with Crippen molar-refractivity contribution in [2.75, 3.05) is 23.7 Å². The Bertz CT molecular complexity index is 1470. The first-order valence-electron chi connectivity index (χ1n) is 11.0. The summed E-state index contributed by atoms with van der Waals surface area (Å²) in [5.41, 5.74) is 10.2. The average molecular weight is 460 g/mol. The Morgan fingerprint density at radius 2 is 2.03 bits per heavy atom. The molecule has 1 aliphatic rings. The molecule has 1 atom stereocenters. The number of rotatable bonds is 4. The second kappa shape index (κ2) is 8.29. The summed E-state index contributed by atoms with van der Waals surface area (Å²) in [5, 5.41) is 12.1. The highest BCUT2D eigenvalue weighted by atomic mass is 16.5. The van der Waals surface area contributed by atoms with E-state index in [9.17, 15) is 9.59 Å². The predicted octanol–water partition coefficient (Wildman–Crippen LogP) is 2.19. The third-order valence-electron chi connectivity index (χ3n) is 6.25. The van der Waals surface area contributed by atoms with E-state index >= 15 is 0 Å². The van der Waals surface area contributed by atoms with Gasteiger partial charge in [0.1, 0.15) is 0 Å². The standard InChI is InChI=1S/C24H25N7O3/c1-13-10-15(18-6-7-19(32)30(3)28-18)4-5-17(13)24(33)27-16-8-9-31(12-16)23-21-20(14(2)11-26-23)22(25)29-34-21/h4-7,10-11,16H,8-9,12H2,1-3H3,(H2,25,29)(H,27,33)/t16-/m1/s1. The number of benzene rings is 1. The van der Waals surface area contributed by atoms with Crippen LogP contribution in [0.5, 0.6) is 0 Å². The highest BCUT2D eigenvalue weighted by molar-refractivity contribution is 5.97. The van der Waals surface area contributed by atoms with Crippen molar-refractivity contribution in [2.45, 2.75) is 26.3 Å². The Labute approximate surface area is 195 Å². The third kappa shape index (κ3) is 3.76. The van der Waals surface area contributed by atoms with Gasteiger partial charge in [-0.05, 0) is 49.6 Å². The van der Waals surface area contributed by atoms with Crippen LogP contribution in [0, 0.1) is 13.8 Å². The molecule has 0 unspecified atom stereocenters. The van der Waals surface area contributed by atoms with E-state index < -0.39 is 0 Å². The number of nitrogen functional groups attached to an aromatic ring is 1. The fraction of sp³-hybridized carbons (Fsp3) is 0.292. The van der Waals surface area contributed by atoms with E-state index in [2.05, 4.69) is 25.5 Å². The number of nitrogens with two attached hydrogens (primary N) is 1. The number of fused-ring (bicyclic) bond motifs is 1. The van der Waals surface area contributed by atoms with Crippen LogP contribution in [0.15, 0.2) is 45.8 Å². The zero-order chi connectivity index (χ0) is 24.0. The molecule has 3 aromatic heterocycles. The lowest BCUT2D eigenvalue weighted by molar-refractivity contribution is 0.0940. The van der Waals surface area contributed by atoms with Gasteiger partial charge in [-0.3, -0.25) is 9.59 Å². The molecule has 174 valence electrons. The topological polar surface area (TPSA) is 132 Å². The van der Waals surface area contributed by atoms with Gasteiger partial charge in [-0.2, -0.15) is 5.10 Å². The van der Waals surface area contributed by atoms with Crippen molar-refractivity contribution in [3.63, 3.8) is 0 Å². The number of nitrogens with zero attached hydrogens (tertiary/aromatic N) is 5. The molecule has 0 aliphatic carbocycles. The zero-order valence-electron chi connectivity index (χ0n) is 19.2. The van der Waals surface area contributed by atoms with Crippen molar-refractivity contribution in [1.29, 1.82) is 0 Å². The number of amides is 1. The smallest absolute Gasteiger partial charge is 0.266 e. The molecule has 1 fully saturated rings. The molecule has 1 amide bonds. The van der Waals surface area contributed by atoms with Crippen LogP contribution in [0.2, 0.25) is 0 Å². The Balaban J connectivity index is 1.30. The minimum Gasteiger partial charge on any atom is -0.380 e. The predicted molar refractivity (Wildman–Crippen MR) is 129 cm³/mol. The molecule has 4 aromatic rings. The van der Waals surface area contributed by atoms with Gasteiger partial charge in [0.05, 0.1) is 11.1 Å². The van der Waals surface area contributed by atoms with Crippen LogP contribution >= 0.6 is 0 Å². The second-order valence-corrected chi connectivity index (χ2v) is 8.65. The number of anilines is 2. The Morgan fingerprint density at radius 3 is 2.79 bits per heavy atom. The fourth-order valence-corrected chi connectivity index (χ4v) is 4.41. The Kier molecular flexibility index (Phi) is 5.27. The molecule has 5 rings (SSSR count). The van der Waals surface area contributed by atoms with Gasteiger partial charge in [0.15, 0.2) is 11.6 Å². The Hall–Kier alpha value is -4.21. The summed E-state index contributed by atoms with van der Waals surface area (Å²) < 4.78 is 6.74. The van der Waals surface area contributed by atoms with Crippen molar-refractivity contribution >= 4 is 28.5 Å². The van der Waals surface area contributed by atoms with Gasteiger partial charge < -0.3 is 20.5 Å². The van der Waals surface area contributed by atoms with Crippen LogP contribution in [0.25, 0.3) is 22.2 Å². The van der Waals surface area contributed by atoms with E-state index in [1.54, 1.807) is 25.4 Å². The molecule has 0 saturated carbocycles. The molecule has 10 heteroatoms. The van der Waals surface area contributed by atoms with Gasteiger partial charge in [0.25, 0.3) is 11.5 Å². The number of aryl methyl sites for hydroxylation is 3. The monoisotopic (exact) mass is 459 g/mol. The first-order chi connectivity index (χ1) is 16.3. The van der Waals surface area contributed by atoms with Gasteiger partial charge in [0, 0.05) is 49.6 Å². The van der Waals surface area contributed by atoms with E-state index in [1.807, 2.05) is 26.0 Å². The molecule has 3 N–H and O–H groups in total. The van der Waals surface area contributed by atoms with Gasteiger partial charge in [0.2, 0.25) is 5.58 Å². The van der Waals surface area contributed by atoms with E-state index in [0.29, 0.717) is 35.0 Å². The van der Waals surface area contributed by atoms with Gasteiger partial charge in [-0.25, -0.2) is 9.67 Å². The lowest BCUT2D eigenvalue weighted by Gasteiger charge is -2.18. The van der Waals surface area contributed by atoms with Crippen LogP contribution in [0.1, 0.15) is 27.9 Å². The van der Waals surface area contributed by atoms with E-state index in [4.69, 9.17) is 10.3 Å². The SMILES string of the molecule is Cc1cc(-c2ccc(=O)n(C)n2)ccc1C(=O)N[C@@H]1CCN(c2ncc(C)c3c(N)noc23)C1. The normalized spacial score (nSPS) is 15.7. The van der Waals surface area contributed by atoms with Gasteiger partial charge >= 0.3 is 0 Å². The summed E-state index contributed by atoms with van der Waals surface area (Å²) in [6.07, 6.45) is 2.55. The maximum absolute atomic E-state index is 13.0. The summed E-state index contributed by atoms with van der Waals surface area (Å²) in [7, 11) is 1.61. The first kappa shape index (κ1) is 21.6. The highest BCUT2D eigenvalue weighted by Crippen LogP contribution is 2.32. The van der Waals surface area contributed by atoms with Crippen LogP contribution in [-0.4, -0.2) is 45.0 Å². The molecule has 34 heavy (non-hydrogen) atoms. The van der Waals surface area contributed by atoms with Crippen LogP contribution in [0.4, 0.5) is 11.6 Å². The van der Waals surface area contributed by atoms with Crippen LogP contribution in [-0.2, 0) is 7.05 Å². The molecule has 1 saturated heterocycles. The molecule has 1 aromatic carbocycles. The van der Waals surface area contributed by atoms with Crippen LogP contribution < -0.4 is 21.5 Å². The van der Waals surface area contributed by atoms with E-state index in [1.165, 1.54) is 10.7 Å². The average Bonchev–Trinajstić information content (AvgIpc) is 3.43. The third-order valence-corrected chi connectivity index (χ3v) is 6.25. The number of carbonyl (C=O) groups is 1. The summed E-state index contributed by atoms with van der Waals surface area (Å²) >= 11 is 0. The van der Waals surface area contributed by atoms with Crippen molar-refractivity contribution in [2.24, 2.45) is 7.05 Å². The summed E-state index contributed by atoms with van der Waals surface area (Å²) in [6.45, 7) is 5.15. The molecular weight excluding hydrogens is 434 g/mol. The van der Waals surface area contributed by atoms with Gasteiger partial charge in [-0.15, -0.1) is 0 Å². The number of carbonyl (C=O) groups excluding carboxylic acids is 1. The van der Waals surface area contributed by atoms with Gasteiger partial charge in [-0.1, -0.05) is 11.2 Å². The van der Waals surface area contributed by atoms with Crippen molar-refractivity contribution in [1.82, 2.24) is 25.2 Å². The number of aromatic nitrogens is 4. The second-order valence-electron chi connectivity index (χ2n) is 8.65. The molecule has 0 spiro atoms. The largest absolute Gasteiger partial charge is 0.380 e. The summed E-state index contributed by atoms with van der Waals surface area (Å²) in [6, 6.07) is 8.68. The quantitative estimate of drug-likeness (QED) is 0.475. The molecule has 0 radical (unpaired) electrons. The molecular formula is C24H25N7O3. The van der Waals surface area contributed by atoms with Crippen molar-refractivity contribution in [3.8, 4) is 11.3 Å². The number of pyridine rings is 1. The summed E-state index contributed by atoms with van der Waals surface area (Å²) in [4.78, 5) is 31.2. The lowest BCUT2D eigenvalue weighted by Crippen LogP contribution is -2.37. The van der Waals surface area contributed by atoms with Crippen molar-refractivity contribution in [3.05, 3.63) is 63.6 Å². The minimum atomic E-state index is -0.171. The maximum Gasteiger partial charge on any atom is 0.266 e. The summed E-state index contributed by atoms with van der Waals surface area (Å²) in [5.74, 6) is 0.911.